The highest BCUT2D eigenvalue weighted by molar-refractivity contribution is 5.23. The number of rotatable bonds is 1. The molecule has 0 radical (unpaired) electrons. The van der Waals surface area contributed by atoms with Gasteiger partial charge in [-0.1, -0.05) is 20.4 Å². The molecule has 88 valence electrons. The van der Waals surface area contributed by atoms with Crippen LogP contribution >= 0.6 is 0 Å². The molecule has 1 aliphatic rings. The van der Waals surface area contributed by atoms with E-state index in [2.05, 4.69) is 48.1 Å². The molecule has 0 amide bonds. The van der Waals surface area contributed by atoms with E-state index in [0.717, 1.165) is 5.57 Å². The third-order valence-corrected chi connectivity index (χ3v) is 3.42. The summed E-state index contributed by atoms with van der Waals surface area (Å²) < 4.78 is 12.1. The van der Waals surface area contributed by atoms with E-state index in [1.54, 1.807) is 0 Å². The van der Waals surface area contributed by atoms with Crippen LogP contribution in [0.15, 0.2) is 12.2 Å². The van der Waals surface area contributed by atoms with Crippen molar-refractivity contribution < 1.29 is 9.47 Å². The molecule has 0 saturated carbocycles. The number of hydrogen-bond donors (Lipinski definition) is 0. The van der Waals surface area contributed by atoms with Crippen molar-refractivity contribution in [2.45, 2.75) is 65.5 Å². The lowest BCUT2D eigenvalue weighted by Gasteiger charge is -2.53. The summed E-state index contributed by atoms with van der Waals surface area (Å²) in [5, 5.41) is 0. The Morgan fingerprint density at radius 1 is 0.933 bits per heavy atom. The molecule has 1 heterocycles. The molecule has 15 heavy (non-hydrogen) atoms. The second kappa shape index (κ2) is 3.33. The van der Waals surface area contributed by atoms with Gasteiger partial charge in [0.25, 0.3) is 0 Å². The Morgan fingerprint density at radius 3 is 1.53 bits per heavy atom. The van der Waals surface area contributed by atoms with Crippen molar-refractivity contribution in [2.75, 3.05) is 0 Å². The van der Waals surface area contributed by atoms with E-state index in [4.69, 9.17) is 9.47 Å². The topological polar surface area (TPSA) is 18.5 Å². The van der Waals surface area contributed by atoms with Gasteiger partial charge < -0.3 is 9.47 Å². The van der Waals surface area contributed by atoms with Crippen molar-refractivity contribution in [3.05, 3.63) is 12.2 Å². The molecule has 0 atom stereocenters. The maximum atomic E-state index is 6.05. The van der Waals surface area contributed by atoms with Crippen molar-refractivity contribution >= 4 is 0 Å². The van der Waals surface area contributed by atoms with Crippen molar-refractivity contribution in [2.24, 2.45) is 5.92 Å². The highest BCUT2D eigenvalue weighted by atomic mass is 16.7. The molecule has 1 saturated heterocycles. The lowest BCUT2D eigenvalue weighted by atomic mass is 9.83. The van der Waals surface area contributed by atoms with Crippen molar-refractivity contribution in [3.8, 4) is 0 Å². The van der Waals surface area contributed by atoms with E-state index < -0.39 is 5.79 Å². The van der Waals surface area contributed by atoms with Gasteiger partial charge in [-0.2, -0.15) is 0 Å². The molecular weight excluding hydrogens is 188 g/mol. The van der Waals surface area contributed by atoms with Gasteiger partial charge in [-0.3, -0.25) is 0 Å². The molecule has 0 aromatic carbocycles. The lowest BCUT2D eigenvalue weighted by molar-refractivity contribution is -0.346. The van der Waals surface area contributed by atoms with E-state index in [1.807, 2.05) is 6.92 Å². The lowest BCUT2D eigenvalue weighted by Crippen LogP contribution is -2.58. The van der Waals surface area contributed by atoms with Crippen molar-refractivity contribution in [1.82, 2.24) is 0 Å². The smallest absolute Gasteiger partial charge is 0.170 e. The largest absolute Gasteiger partial charge is 0.340 e. The fraction of sp³-hybridized carbons (Fsp3) is 0.846. The zero-order chi connectivity index (χ0) is 12.1. The predicted octanol–water partition coefficient (Wildman–Crippen LogP) is 3.52. The van der Waals surface area contributed by atoms with Crippen LogP contribution in [0.3, 0.4) is 0 Å². The molecule has 2 nitrogen and oxygen atoms in total. The van der Waals surface area contributed by atoms with Gasteiger partial charge in [-0.05, 0) is 40.2 Å². The second-order valence-electron chi connectivity index (χ2n) is 5.87. The normalized spacial score (nSPS) is 28.1. The first-order valence-corrected chi connectivity index (χ1v) is 5.61. The molecule has 0 bridgehead atoms. The van der Waals surface area contributed by atoms with Crippen LogP contribution in [0.25, 0.3) is 0 Å². The van der Waals surface area contributed by atoms with E-state index >= 15 is 0 Å². The zero-order valence-corrected chi connectivity index (χ0v) is 11.1. The fourth-order valence-electron chi connectivity index (χ4n) is 2.12. The summed E-state index contributed by atoms with van der Waals surface area (Å²) in [7, 11) is 0. The van der Waals surface area contributed by atoms with Gasteiger partial charge in [0.2, 0.25) is 0 Å². The molecule has 1 aliphatic heterocycles. The first kappa shape index (κ1) is 12.7. The molecule has 0 N–H and O–H groups in total. The van der Waals surface area contributed by atoms with Crippen molar-refractivity contribution in [1.29, 1.82) is 0 Å². The Labute approximate surface area is 93.7 Å². The highest BCUT2D eigenvalue weighted by Gasteiger charge is 2.50. The molecule has 1 rings (SSSR count). The Bertz CT molecular complexity index is 254. The van der Waals surface area contributed by atoms with Crippen LogP contribution < -0.4 is 0 Å². The first-order chi connectivity index (χ1) is 6.51. The van der Waals surface area contributed by atoms with Gasteiger partial charge in [-0.15, -0.1) is 0 Å². The summed E-state index contributed by atoms with van der Waals surface area (Å²) in [6, 6.07) is 0. The van der Waals surface area contributed by atoms with Gasteiger partial charge >= 0.3 is 0 Å². The fourth-order valence-corrected chi connectivity index (χ4v) is 2.12. The molecule has 0 aromatic heterocycles. The maximum Gasteiger partial charge on any atom is 0.170 e. The van der Waals surface area contributed by atoms with E-state index in [-0.39, 0.29) is 11.2 Å². The minimum atomic E-state index is -0.534. The quantitative estimate of drug-likeness (QED) is 0.619. The standard InChI is InChI=1S/C13H24O2/c1-9(2)13(8)14-11(4,5)10(3)12(6,7)15-13/h9H,3H2,1-2,4-8H3. The Kier molecular flexibility index (Phi) is 2.82. The summed E-state index contributed by atoms with van der Waals surface area (Å²) in [5.74, 6) is -0.224. The van der Waals surface area contributed by atoms with Gasteiger partial charge in [0.15, 0.2) is 5.79 Å². The summed E-state index contributed by atoms with van der Waals surface area (Å²) >= 11 is 0. The summed E-state index contributed by atoms with van der Waals surface area (Å²) in [4.78, 5) is 0. The van der Waals surface area contributed by atoms with E-state index in [1.165, 1.54) is 0 Å². The minimum Gasteiger partial charge on any atom is -0.340 e. The molecule has 0 spiro atoms. The van der Waals surface area contributed by atoms with Gasteiger partial charge in [0.05, 0.1) is 11.2 Å². The zero-order valence-electron chi connectivity index (χ0n) is 11.1. The van der Waals surface area contributed by atoms with Crippen LogP contribution in [0.4, 0.5) is 0 Å². The Morgan fingerprint density at radius 2 is 1.27 bits per heavy atom. The van der Waals surface area contributed by atoms with Gasteiger partial charge in [-0.25, -0.2) is 0 Å². The highest BCUT2D eigenvalue weighted by Crippen LogP contribution is 2.45. The third kappa shape index (κ3) is 2.11. The Balaban J connectivity index is 3.09. The molecule has 2 heteroatoms. The Hall–Kier alpha value is -0.340. The summed E-state index contributed by atoms with van der Waals surface area (Å²) in [6.45, 7) is 18.5. The number of ether oxygens (including phenoxy) is 2. The minimum absolute atomic E-state index is 0.309. The van der Waals surface area contributed by atoms with Gasteiger partial charge in [0, 0.05) is 5.92 Å². The van der Waals surface area contributed by atoms with Crippen molar-refractivity contribution in [3.63, 3.8) is 0 Å². The van der Waals surface area contributed by atoms with Crippen LogP contribution in [-0.4, -0.2) is 17.0 Å². The molecule has 0 aromatic rings. The van der Waals surface area contributed by atoms with Crippen LogP contribution in [0.2, 0.25) is 0 Å². The number of hydrogen-bond acceptors (Lipinski definition) is 2. The second-order valence-corrected chi connectivity index (χ2v) is 5.87. The molecule has 1 fully saturated rings. The average molecular weight is 212 g/mol. The molecule has 0 aliphatic carbocycles. The van der Waals surface area contributed by atoms with Crippen LogP contribution in [-0.2, 0) is 9.47 Å². The van der Waals surface area contributed by atoms with Gasteiger partial charge in [0.1, 0.15) is 0 Å². The predicted molar refractivity (Wildman–Crippen MR) is 62.7 cm³/mol. The molecule has 0 unspecified atom stereocenters. The molecular formula is C13H24O2. The summed E-state index contributed by atoms with van der Waals surface area (Å²) in [5.41, 5.74) is 0.328. The summed E-state index contributed by atoms with van der Waals surface area (Å²) in [6.07, 6.45) is 0. The van der Waals surface area contributed by atoms with Crippen LogP contribution in [0.1, 0.15) is 48.5 Å². The third-order valence-electron chi connectivity index (χ3n) is 3.42. The SMILES string of the molecule is C=C1C(C)(C)OC(C)(C(C)C)OC1(C)C. The monoisotopic (exact) mass is 212 g/mol. The van der Waals surface area contributed by atoms with Crippen LogP contribution in [0, 0.1) is 5.92 Å². The van der Waals surface area contributed by atoms with E-state index in [0.29, 0.717) is 5.92 Å². The first-order valence-electron chi connectivity index (χ1n) is 5.61. The van der Waals surface area contributed by atoms with E-state index in [9.17, 15) is 0 Å². The van der Waals surface area contributed by atoms with Crippen LogP contribution in [0.5, 0.6) is 0 Å². The maximum absolute atomic E-state index is 6.05. The average Bonchev–Trinajstić information content (AvgIpc) is 1.98.